The minimum absolute atomic E-state index is 0.108. The lowest BCUT2D eigenvalue weighted by Crippen LogP contribution is -2.44. The highest BCUT2D eigenvalue weighted by Crippen LogP contribution is 2.35. The lowest BCUT2D eigenvalue weighted by molar-refractivity contribution is -0.144. The molecule has 2 heterocycles. The summed E-state index contributed by atoms with van der Waals surface area (Å²) in [5.41, 5.74) is 1.33. The topological polar surface area (TPSA) is 29.5 Å². The van der Waals surface area contributed by atoms with Gasteiger partial charge in [-0.3, -0.25) is 4.79 Å². The maximum atomic E-state index is 12.2. The summed E-state index contributed by atoms with van der Waals surface area (Å²) >= 11 is 1.80. The standard InChI is InChI=1S/C13H19NO2S/c1-4-11-10-6-8-17-12(10)5-7-14(11)13(15)9(2)16-3/h6,8-9,11H,4-5,7H2,1-3H3. The predicted octanol–water partition coefficient (Wildman–Crippen LogP) is 2.62. The molecule has 2 atom stereocenters. The number of ether oxygens (including phenoxy) is 1. The van der Waals surface area contributed by atoms with E-state index in [1.54, 1.807) is 18.4 Å². The lowest BCUT2D eigenvalue weighted by atomic mass is 9.97. The second-order valence-electron chi connectivity index (χ2n) is 4.38. The van der Waals surface area contributed by atoms with Crippen molar-refractivity contribution in [2.45, 2.75) is 38.8 Å². The fourth-order valence-corrected chi connectivity index (χ4v) is 3.36. The Morgan fingerprint density at radius 2 is 2.47 bits per heavy atom. The summed E-state index contributed by atoms with van der Waals surface area (Å²) in [7, 11) is 1.59. The first-order chi connectivity index (χ1) is 8.19. The lowest BCUT2D eigenvalue weighted by Gasteiger charge is -2.36. The first-order valence-electron chi connectivity index (χ1n) is 6.08. The number of carbonyl (C=O) groups is 1. The van der Waals surface area contributed by atoms with Crippen LogP contribution in [-0.2, 0) is 16.0 Å². The molecule has 94 valence electrons. The van der Waals surface area contributed by atoms with Crippen molar-refractivity contribution in [1.29, 1.82) is 0 Å². The van der Waals surface area contributed by atoms with Crippen molar-refractivity contribution in [1.82, 2.24) is 4.90 Å². The van der Waals surface area contributed by atoms with Crippen molar-refractivity contribution in [2.75, 3.05) is 13.7 Å². The van der Waals surface area contributed by atoms with E-state index in [2.05, 4.69) is 18.4 Å². The van der Waals surface area contributed by atoms with Crippen LogP contribution < -0.4 is 0 Å². The van der Waals surface area contributed by atoms with Gasteiger partial charge in [0.05, 0.1) is 6.04 Å². The maximum Gasteiger partial charge on any atom is 0.251 e. The number of hydrogen-bond acceptors (Lipinski definition) is 3. The Bertz CT molecular complexity index is 402. The van der Waals surface area contributed by atoms with Crippen LogP contribution in [0.1, 0.15) is 36.8 Å². The van der Waals surface area contributed by atoms with E-state index in [1.807, 2.05) is 11.8 Å². The maximum absolute atomic E-state index is 12.2. The van der Waals surface area contributed by atoms with Gasteiger partial charge < -0.3 is 9.64 Å². The first kappa shape index (κ1) is 12.6. The van der Waals surface area contributed by atoms with Crippen LogP contribution >= 0.6 is 11.3 Å². The number of rotatable bonds is 3. The molecule has 1 aromatic rings. The number of methoxy groups -OCH3 is 1. The molecule has 0 N–H and O–H groups in total. The molecule has 1 aliphatic rings. The third-order valence-corrected chi connectivity index (χ3v) is 4.46. The van der Waals surface area contributed by atoms with E-state index in [0.717, 1.165) is 19.4 Å². The summed E-state index contributed by atoms with van der Waals surface area (Å²) in [6.45, 7) is 4.77. The van der Waals surface area contributed by atoms with Gasteiger partial charge in [-0.25, -0.2) is 0 Å². The quantitative estimate of drug-likeness (QED) is 0.828. The molecule has 0 bridgehead atoms. The Morgan fingerprint density at radius 3 is 3.12 bits per heavy atom. The average molecular weight is 253 g/mol. The fraction of sp³-hybridized carbons (Fsp3) is 0.615. The van der Waals surface area contributed by atoms with Gasteiger partial charge in [-0.05, 0) is 36.8 Å². The Hall–Kier alpha value is -0.870. The van der Waals surface area contributed by atoms with Crippen LogP contribution in [0.3, 0.4) is 0 Å². The third-order valence-electron chi connectivity index (χ3n) is 3.47. The van der Waals surface area contributed by atoms with Crippen LogP contribution in [0.15, 0.2) is 11.4 Å². The highest BCUT2D eigenvalue weighted by molar-refractivity contribution is 7.10. The number of fused-ring (bicyclic) bond motifs is 1. The van der Waals surface area contributed by atoms with E-state index >= 15 is 0 Å². The zero-order valence-corrected chi connectivity index (χ0v) is 11.4. The highest BCUT2D eigenvalue weighted by Gasteiger charge is 2.32. The van der Waals surface area contributed by atoms with Crippen molar-refractivity contribution < 1.29 is 9.53 Å². The van der Waals surface area contributed by atoms with Crippen LogP contribution in [0.5, 0.6) is 0 Å². The second kappa shape index (κ2) is 5.19. The molecule has 1 aliphatic heterocycles. The second-order valence-corrected chi connectivity index (χ2v) is 5.38. The Balaban J connectivity index is 2.23. The molecule has 0 fully saturated rings. The van der Waals surface area contributed by atoms with Gasteiger partial charge in [0.2, 0.25) is 0 Å². The molecule has 3 nitrogen and oxygen atoms in total. The molecule has 2 unspecified atom stereocenters. The predicted molar refractivity (Wildman–Crippen MR) is 69.2 cm³/mol. The molecule has 0 aliphatic carbocycles. The van der Waals surface area contributed by atoms with Crippen LogP contribution in [0.25, 0.3) is 0 Å². The Labute approximate surface area is 106 Å². The van der Waals surface area contributed by atoms with Crippen LogP contribution in [0.4, 0.5) is 0 Å². The fourth-order valence-electron chi connectivity index (χ4n) is 2.43. The van der Waals surface area contributed by atoms with E-state index in [9.17, 15) is 4.79 Å². The van der Waals surface area contributed by atoms with E-state index in [0.29, 0.717) is 0 Å². The molecule has 0 saturated carbocycles. The van der Waals surface area contributed by atoms with Crippen LogP contribution in [-0.4, -0.2) is 30.6 Å². The molecule has 4 heteroatoms. The van der Waals surface area contributed by atoms with E-state index in [1.165, 1.54) is 10.4 Å². The van der Waals surface area contributed by atoms with Crippen molar-refractivity contribution in [3.8, 4) is 0 Å². The summed E-state index contributed by atoms with van der Waals surface area (Å²) < 4.78 is 5.14. The molecule has 2 rings (SSSR count). The molecule has 0 radical (unpaired) electrons. The van der Waals surface area contributed by atoms with Crippen molar-refractivity contribution >= 4 is 17.2 Å². The van der Waals surface area contributed by atoms with Gasteiger partial charge >= 0.3 is 0 Å². The van der Waals surface area contributed by atoms with Crippen molar-refractivity contribution in [3.05, 3.63) is 21.9 Å². The highest BCUT2D eigenvalue weighted by atomic mass is 32.1. The van der Waals surface area contributed by atoms with Gasteiger partial charge in [0.25, 0.3) is 5.91 Å². The normalized spacial score (nSPS) is 21.1. The molecule has 0 aromatic carbocycles. The van der Waals surface area contributed by atoms with Crippen molar-refractivity contribution in [2.24, 2.45) is 0 Å². The number of thiophene rings is 1. The largest absolute Gasteiger partial charge is 0.372 e. The zero-order valence-electron chi connectivity index (χ0n) is 10.6. The number of amides is 1. The zero-order chi connectivity index (χ0) is 12.4. The smallest absolute Gasteiger partial charge is 0.251 e. The molecule has 0 saturated heterocycles. The van der Waals surface area contributed by atoms with Crippen LogP contribution in [0, 0.1) is 0 Å². The van der Waals surface area contributed by atoms with E-state index in [-0.39, 0.29) is 18.1 Å². The van der Waals surface area contributed by atoms with Gasteiger partial charge in [0, 0.05) is 18.5 Å². The summed E-state index contributed by atoms with van der Waals surface area (Å²) in [6, 6.07) is 2.39. The Kier molecular flexibility index (Phi) is 3.84. The molecule has 1 amide bonds. The van der Waals surface area contributed by atoms with Gasteiger partial charge in [0.1, 0.15) is 6.10 Å². The SMILES string of the molecule is CCC1c2ccsc2CCN1C(=O)C(C)OC. The number of carbonyl (C=O) groups excluding carboxylic acids is 1. The molecular formula is C13H19NO2S. The number of nitrogens with zero attached hydrogens (tertiary/aromatic N) is 1. The first-order valence-corrected chi connectivity index (χ1v) is 6.96. The minimum atomic E-state index is -0.343. The summed E-state index contributed by atoms with van der Waals surface area (Å²) in [6.07, 6.45) is 1.60. The molecule has 1 aromatic heterocycles. The van der Waals surface area contributed by atoms with Gasteiger partial charge in [-0.15, -0.1) is 11.3 Å². The van der Waals surface area contributed by atoms with E-state index < -0.39 is 0 Å². The van der Waals surface area contributed by atoms with Gasteiger partial charge in [0.15, 0.2) is 0 Å². The third kappa shape index (κ3) is 2.24. The minimum Gasteiger partial charge on any atom is -0.372 e. The van der Waals surface area contributed by atoms with Crippen molar-refractivity contribution in [3.63, 3.8) is 0 Å². The molecule has 17 heavy (non-hydrogen) atoms. The van der Waals surface area contributed by atoms with Gasteiger partial charge in [-0.1, -0.05) is 6.92 Å². The molecular weight excluding hydrogens is 234 g/mol. The van der Waals surface area contributed by atoms with Crippen LogP contribution in [0.2, 0.25) is 0 Å². The average Bonchev–Trinajstić information content (AvgIpc) is 2.83. The number of hydrogen-bond donors (Lipinski definition) is 0. The summed E-state index contributed by atoms with van der Waals surface area (Å²) in [5.74, 6) is 0.108. The summed E-state index contributed by atoms with van der Waals surface area (Å²) in [4.78, 5) is 15.6. The van der Waals surface area contributed by atoms with E-state index in [4.69, 9.17) is 4.74 Å². The van der Waals surface area contributed by atoms with Gasteiger partial charge in [-0.2, -0.15) is 0 Å². The molecule has 0 spiro atoms. The summed E-state index contributed by atoms with van der Waals surface area (Å²) in [5, 5.41) is 2.13. The Morgan fingerprint density at radius 1 is 1.71 bits per heavy atom. The monoisotopic (exact) mass is 253 g/mol.